The minimum absolute atomic E-state index is 0.00692. The largest absolute Gasteiger partial charge is 0.508 e. The molecule has 0 heterocycles. The summed E-state index contributed by atoms with van der Waals surface area (Å²) in [4.78, 5) is 0.183. The smallest absolute Gasteiger partial charge is 0.206 e. The Bertz CT molecular complexity index is 993. The van der Waals surface area contributed by atoms with Gasteiger partial charge >= 0.3 is 0 Å². The SMILES string of the molecule is O=S(=O)(c1ccc(O)cc1)c1ccc(C(O)c2cccc(CO)c2)cc1. The van der Waals surface area contributed by atoms with Crippen molar-refractivity contribution in [1.29, 1.82) is 0 Å². The molecule has 3 aromatic rings. The summed E-state index contributed by atoms with van der Waals surface area (Å²) in [6.07, 6.45) is -0.924. The van der Waals surface area contributed by atoms with Gasteiger partial charge in [-0.3, -0.25) is 0 Å². The van der Waals surface area contributed by atoms with Crippen LogP contribution < -0.4 is 0 Å². The van der Waals surface area contributed by atoms with E-state index >= 15 is 0 Å². The standard InChI is InChI=1S/C20H18O5S/c21-13-14-2-1-3-16(12-14)20(23)15-4-8-18(9-5-15)26(24,25)19-10-6-17(22)7-11-19/h1-12,20-23H,13H2. The van der Waals surface area contributed by atoms with Crippen molar-refractivity contribution in [3.8, 4) is 5.75 Å². The van der Waals surface area contributed by atoms with Crippen LogP contribution in [-0.4, -0.2) is 23.7 Å². The lowest BCUT2D eigenvalue weighted by Gasteiger charge is -2.13. The molecular formula is C20H18O5S. The summed E-state index contributed by atoms with van der Waals surface area (Å²) in [5.74, 6) is -0.00692. The van der Waals surface area contributed by atoms with Gasteiger partial charge in [0, 0.05) is 0 Å². The lowest BCUT2D eigenvalue weighted by atomic mass is 10.00. The summed E-state index contributed by atoms with van der Waals surface area (Å²) in [5, 5.41) is 29.0. The van der Waals surface area contributed by atoms with Crippen LogP contribution in [0.1, 0.15) is 22.8 Å². The fourth-order valence-electron chi connectivity index (χ4n) is 2.64. The van der Waals surface area contributed by atoms with E-state index in [0.29, 0.717) is 16.7 Å². The lowest BCUT2D eigenvalue weighted by Crippen LogP contribution is -2.04. The van der Waals surface area contributed by atoms with Gasteiger partial charge in [0.25, 0.3) is 0 Å². The molecule has 3 rings (SSSR count). The predicted molar refractivity (Wildman–Crippen MR) is 96.4 cm³/mol. The van der Waals surface area contributed by atoms with Gasteiger partial charge in [0.05, 0.1) is 16.4 Å². The molecule has 0 aliphatic carbocycles. The van der Waals surface area contributed by atoms with Gasteiger partial charge in [-0.15, -0.1) is 0 Å². The fraction of sp³-hybridized carbons (Fsp3) is 0.100. The Morgan fingerprint density at radius 3 is 1.96 bits per heavy atom. The first-order chi connectivity index (χ1) is 12.4. The van der Waals surface area contributed by atoms with Crippen LogP contribution in [0.4, 0.5) is 0 Å². The third-order valence-corrected chi connectivity index (χ3v) is 5.89. The van der Waals surface area contributed by atoms with E-state index in [1.54, 1.807) is 36.4 Å². The van der Waals surface area contributed by atoms with Crippen molar-refractivity contribution in [3.63, 3.8) is 0 Å². The maximum absolute atomic E-state index is 12.6. The summed E-state index contributed by atoms with van der Waals surface area (Å²) in [5.41, 5.74) is 1.85. The molecule has 0 saturated heterocycles. The van der Waals surface area contributed by atoms with Crippen LogP contribution in [0.5, 0.6) is 5.75 Å². The summed E-state index contributed by atoms with van der Waals surface area (Å²) in [6.45, 7) is -0.121. The van der Waals surface area contributed by atoms with Gasteiger partial charge in [-0.2, -0.15) is 0 Å². The second-order valence-electron chi connectivity index (χ2n) is 5.87. The van der Waals surface area contributed by atoms with Crippen molar-refractivity contribution in [1.82, 2.24) is 0 Å². The number of aromatic hydroxyl groups is 1. The molecule has 1 unspecified atom stereocenters. The quantitative estimate of drug-likeness (QED) is 0.642. The number of sulfone groups is 1. The minimum atomic E-state index is -3.70. The van der Waals surface area contributed by atoms with E-state index in [2.05, 4.69) is 0 Å². The third-order valence-electron chi connectivity index (χ3n) is 4.10. The average molecular weight is 370 g/mol. The molecular weight excluding hydrogens is 352 g/mol. The number of rotatable bonds is 5. The van der Waals surface area contributed by atoms with Crippen molar-refractivity contribution in [2.75, 3.05) is 0 Å². The van der Waals surface area contributed by atoms with Gasteiger partial charge in [0.2, 0.25) is 9.84 Å². The highest BCUT2D eigenvalue weighted by Gasteiger charge is 2.18. The monoisotopic (exact) mass is 370 g/mol. The molecule has 134 valence electrons. The number of phenols is 1. The maximum atomic E-state index is 12.6. The zero-order chi connectivity index (χ0) is 18.7. The molecule has 0 aliphatic rings. The van der Waals surface area contributed by atoms with Gasteiger partial charge in [-0.25, -0.2) is 8.42 Å². The Morgan fingerprint density at radius 2 is 1.38 bits per heavy atom. The zero-order valence-electron chi connectivity index (χ0n) is 13.8. The Balaban J connectivity index is 1.89. The Kier molecular flexibility index (Phi) is 5.08. The number of hydrogen-bond donors (Lipinski definition) is 3. The van der Waals surface area contributed by atoms with E-state index in [1.165, 1.54) is 36.4 Å². The van der Waals surface area contributed by atoms with Crippen LogP contribution in [0.3, 0.4) is 0 Å². The number of aliphatic hydroxyl groups excluding tert-OH is 2. The molecule has 0 radical (unpaired) electrons. The molecule has 5 nitrogen and oxygen atoms in total. The minimum Gasteiger partial charge on any atom is -0.508 e. The molecule has 0 aliphatic heterocycles. The summed E-state index contributed by atoms with van der Waals surface area (Å²) in [7, 11) is -3.70. The summed E-state index contributed by atoms with van der Waals surface area (Å²) >= 11 is 0. The molecule has 0 amide bonds. The molecule has 0 fully saturated rings. The van der Waals surface area contributed by atoms with Crippen LogP contribution >= 0.6 is 0 Å². The highest BCUT2D eigenvalue weighted by Crippen LogP contribution is 2.27. The number of phenolic OH excluding ortho intramolecular Hbond substituents is 1. The molecule has 3 aromatic carbocycles. The number of benzene rings is 3. The fourth-order valence-corrected chi connectivity index (χ4v) is 3.91. The van der Waals surface area contributed by atoms with E-state index < -0.39 is 15.9 Å². The topological polar surface area (TPSA) is 94.8 Å². The van der Waals surface area contributed by atoms with Crippen molar-refractivity contribution in [2.24, 2.45) is 0 Å². The van der Waals surface area contributed by atoms with E-state index in [0.717, 1.165) is 0 Å². The number of hydrogen-bond acceptors (Lipinski definition) is 5. The molecule has 1 atom stereocenters. The van der Waals surface area contributed by atoms with Crippen LogP contribution in [0.15, 0.2) is 82.6 Å². The molecule has 6 heteroatoms. The normalized spacial score (nSPS) is 12.7. The second-order valence-corrected chi connectivity index (χ2v) is 7.82. The van der Waals surface area contributed by atoms with Crippen molar-refractivity contribution in [3.05, 3.63) is 89.5 Å². The molecule has 3 N–H and O–H groups in total. The Labute approximate surface area is 151 Å². The molecule has 0 aromatic heterocycles. The average Bonchev–Trinajstić information content (AvgIpc) is 2.68. The van der Waals surface area contributed by atoms with E-state index in [-0.39, 0.29) is 22.1 Å². The van der Waals surface area contributed by atoms with Crippen LogP contribution in [0.25, 0.3) is 0 Å². The molecule has 0 spiro atoms. The highest BCUT2D eigenvalue weighted by atomic mass is 32.2. The molecule has 0 saturated carbocycles. The molecule has 0 bridgehead atoms. The molecule has 26 heavy (non-hydrogen) atoms. The van der Waals surface area contributed by atoms with Gasteiger partial charge in [0.15, 0.2) is 0 Å². The zero-order valence-corrected chi connectivity index (χ0v) is 14.6. The number of aliphatic hydroxyl groups is 2. The predicted octanol–water partition coefficient (Wildman–Crippen LogP) is 2.80. The third kappa shape index (κ3) is 3.62. The first-order valence-corrected chi connectivity index (χ1v) is 9.42. The van der Waals surface area contributed by atoms with Gasteiger partial charge in [0.1, 0.15) is 11.9 Å². The Morgan fingerprint density at radius 1 is 0.808 bits per heavy atom. The van der Waals surface area contributed by atoms with Crippen molar-refractivity contribution in [2.45, 2.75) is 22.5 Å². The maximum Gasteiger partial charge on any atom is 0.206 e. The second kappa shape index (κ2) is 7.29. The lowest BCUT2D eigenvalue weighted by molar-refractivity contribution is 0.219. The van der Waals surface area contributed by atoms with Gasteiger partial charge in [-0.1, -0.05) is 36.4 Å². The van der Waals surface area contributed by atoms with Gasteiger partial charge < -0.3 is 15.3 Å². The van der Waals surface area contributed by atoms with Crippen LogP contribution in [0, 0.1) is 0 Å². The van der Waals surface area contributed by atoms with Crippen LogP contribution in [-0.2, 0) is 16.4 Å². The summed E-state index contributed by atoms with van der Waals surface area (Å²) in [6, 6.07) is 18.3. The first-order valence-electron chi connectivity index (χ1n) is 7.93. The van der Waals surface area contributed by atoms with Crippen LogP contribution in [0.2, 0.25) is 0 Å². The Hall–Kier alpha value is -2.67. The summed E-state index contributed by atoms with van der Waals surface area (Å²) < 4.78 is 25.2. The van der Waals surface area contributed by atoms with E-state index in [9.17, 15) is 23.7 Å². The first kappa shape index (κ1) is 18.1. The van der Waals surface area contributed by atoms with Crippen molar-refractivity contribution < 1.29 is 23.7 Å². The van der Waals surface area contributed by atoms with Gasteiger partial charge in [-0.05, 0) is 53.1 Å². The highest BCUT2D eigenvalue weighted by molar-refractivity contribution is 7.91. The van der Waals surface area contributed by atoms with E-state index in [1.807, 2.05) is 0 Å². The van der Waals surface area contributed by atoms with Crippen molar-refractivity contribution >= 4 is 9.84 Å². The van der Waals surface area contributed by atoms with E-state index in [4.69, 9.17) is 0 Å².